The molecule has 1 saturated heterocycles. The van der Waals surface area contributed by atoms with Crippen LogP contribution in [0.2, 0.25) is 0 Å². The fraction of sp³-hybridized carbons (Fsp3) is 0.429. The molecule has 1 aromatic carbocycles. The average molecular weight is 427 g/mol. The summed E-state index contributed by atoms with van der Waals surface area (Å²) >= 11 is 0. The fourth-order valence-electron chi connectivity index (χ4n) is 4.52. The molecule has 10 heteroatoms. The standard InChI is InChI=1S/C21H21N3O7/c1-3-30-21(27)11(2)31-18-14(5-4-6-15(18)24(28)29)10-22-23-19(25)16-12-7-8-13(9-12)17(16)20(23)26/h4-8,10-13,16-17H,3,9H2,1-2H3. The van der Waals surface area contributed by atoms with E-state index in [1.807, 2.05) is 12.2 Å². The maximum absolute atomic E-state index is 12.8. The minimum atomic E-state index is -1.11. The third-order valence-corrected chi connectivity index (χ3v) is 5.89. The Morgan fingerprint density at radius 1 is 1.29 bits per heavy atom. The zero-order valence-corrected chi connectivity index (χ0v) is 17.0. The third kappa shape index (κ3) is 3.47. The van der Waals surface area contributed by atoms with Crippen molar-refractivity contribution >= 4 is 29.7 Å². The molecule has 0 aromatic heterocycles. The van der Waals surface area contributed by atoms with Crippen LogP contribution in [0.4, 0.5) is 5.69 Å². The first-order valence-corrected chi connectivity index (χ1v) is 10.0. The summed E-state index contributed by atoms with van der Waals surface area (Å²) in [6.45, 7) is 3.18. The highest BCUT2D eigenvalue weighted by molar-refractivity contribution is 6.07. The molecule has 5 atom stereocenters. The summed E-state index contributed by atoms with van der Waals surface area (Å²) in [6.07, 6.45) is 4.83. The lowest BCUT2D eigenvalue weighted by molar-refractivity contribution is -0.386. The van der Waals surface area contributed by atoms with E-state index in [1.54, 1.807) is 6.92 Å². The molecule has 2 aliphatic carbocycles. The van der Waals surface area contributed by atoms with Gasteiger partial charge >= 0.3 is 11.7 Å². The van der Waals surface area contributed by atoms with E-state index in [9.17, 15) is 24.5 Å². The SMILES string of the molecule is CCOC(=O)C(C)Oc1c(C=NN2C(=O)C3C4C=CC(C4)C3C2=O)cccc1[N+](=O)[O-]. The van der Waals surface area contributed by atoms with Gasteiger partial charge in [-0.05, 0) is 38.2 Å². The molecule has 0 radical (unpaired) electrons. The molecular formula is C21H21N3O7. The van der Waals surface area contributed by atoms with Gasteiger partial charge in [0.25, 0.3) is 11.8 Å². The summed E-state index contributed by atoms with van der Waals surface area (Å²) in [5, 5.41) is 16.4. The van der Waals surface area contributed by atoms with Crippen molar-refractivity contribution in [2.75, 3.05) is 6.61 Å². The number of carbonyl (C=O) groups excluding carboxylic acids is 3. The Morgan fingerprint density at radius 3 is 2.52 bits per heavy atom. The van der Waals surface area contributed by atoms with Crippen molar-refractivity contribution in [1.82, 2.24) is 5.01 Å². The number of ether oxygens (including phenoxy) is 2. The predicted octanol–water partition coefficient (Wildman–Crippen LogP) is 2.07. The summed E-state index contributed by atoms with van der Waals surface area (Å²) in [5.41, 5.74) is -0.220. The lowest BCUT2D eigenvalue weighted by Crippen LogP contribution is -2.28. The number of allylic oxidation sites excluding steroid dienone is 2. The Kier molecular flexibility index (Phi) is 5.30. The highest BCUT2D eigenvalue weighted by atomic mass is 16.6. The lowest BCUT2D eigenvalue weighted by atomic mass is 9.85. The smallest absolute Gasteiger partial charge is 0.347 e. The van der Waals surface area contributed by atoms with Crippen LogP contribution < -0.4 is 4.74 Å². The molecule has 1 aromatic rings. The largest absolute Gasteiger partial charge is 0.471 e. The first kappa shape index (κ1) is 20.7. The van der Waals surface area contributed by atoms with Gasteiger partial charge in [-0.2, -0.15) is 10.1 Å². The van der Waals surface area contributed by atoms with E-state index in [4.69, 9.17) is 9.47 Å². The number of hydrogen-bond acceptors (Lipinski definition) is 8. The van der Waals surface area contributed by atoms with Crippen LogP contribution in [-0.4, -0.2) is 46.6 Å². The maximum Gasteiger partial charge on any atom is 0.347 e. The number of rotatable bonds is 7. The van der Waals surface area contributed by atoms with E-state index < -0.39 is 28.8 Å². The van der Waals surface area contributed by atoms with E-state index in [1.165, 1.54) is 31.3 Å². The maximum atomic E-state index is 12.8. The second kappa shape index (κ2) is 7.93. The molecule has 31 heavy (non-hydrogen) atoms. The molecule has 3 aliphatic rings. The summed E-state index contributed by atoms with van der Waals surface area (Å²) in [6, 6.07) is 4.14. The Hall–Kier alpha value is -3.56. The van der Waals surface area contributed by atoms with Crippen LogP contribution in [0, 0.1) is 33.8 Å². The Morgan fingerprint density at radius 2 is 1.94 bits per heavy atom. The van der Waals surface area contributed by atoms with Gasteiger partial charge in [-0.25, -0.2) is 4.79 Å². The van der Waals surface area contributed by atoms with Crippen LogP contribution in [0.15, 0.2) is 35.5 Å². The predicted molar refractivity (Wildman–Crippen MR) is 107 cm³/mol. The minimum Gasteiger partial charge on any atom is -0.471 e. The number of esters is 1. The summed E-state index contributed by atoms with van der Waals surface area (Å²) in [7, 11) is 0. The summed E-state index contributed by atoms with van der Waals surface area (Å²) < 4.78 is 10.4. The van der Waals surface area contributed by atoms with Gasteiger partial charge in [0, 0.05) is 11.6 Å². The highest BCUT2D eigenvalue weighted by Crippen LogP contribution is 2.52. The van der Waals surface area contributed by atoms with Crippen LogP contribution in [0.25, 0.3) is 0 Å². The van der Waals surface area contributed by atoms with Crippen LogP contribution in [0.3, 0.4) is 0 Å². The van der Waals surface area contributed by atoms with Gasteiger partial charge in [0.15, 0.2) is 6.10 Å². The second-order valence-electron chi connectivity index (χ2n) is 7.70. The molecule has 162 valence electrons. The molecule has 1 aliphatic heterocycles. The molecule has 4 rings (SSSR count). The van der Waals surface area contributed by atoms with Crippen molar-refractivity contribution in [2.45, 2.75) is 26.4 Å². The molecule has 2 bridgehead atoms. The molecule has 0 spiro atoms. The monoisotopic (exact) mass is 427 g/mol. The molecular weight excluding hydrogens is 406 g/mol. The quantitative estimate of drug-likeness (QED) is 0.163. The van der Waals surface area contributed by atoms with Crippen molar-refractivity contribution in [3.8, 4) is 5.75 Å². The van der Waals surface area contributed by atoms with Gasteiger partial charge in [0.1, 0.15) is 0 Å². The molecule has 2 fully saturated rings. The minimum absolute atomic E-state index is 0.0498. The normalized spacial score (nSPS) is 27.1. The second-order valence-corrected chi connectivity index (χ2v) is 7.70. The van der Waals surface area contributed by atoms with Gasteiger partial charge in [0.05, 0.1) is 29.6 Å². The number of imide groups is 1. The van der Waals surface area contributed by atoms with Crippen LogP contribution in [0.5, 0.6) is 5.75 Å². The number of para-hydroxylation sites is 1. The number of amides is 2. The van der Waals surface area contributed by atoms with Crippen molar-refractivity contribution < 1.29 is 28.8 Å². The Labute approximate surface area is 177 Å². The van der Waals surface area contributed by atoms with E-state index in [0.717, 1.165) is 11.4 Å². The van der Waals surface area contributed by atoms with Crippen molar-refractivity contribution in [2.24, 2.45) is 28.8 Å². The van der Waals surface area contributed by atoms with Crippen LogP contribution in [0.1, 0.15) is 25.8 Å². The van der Waals surface area contributed by atoms with Gasteiger partial charge < -0.3 is 9.47 Å². The molecule has 5 unspecified atom stereocenters. The number of nitro groups is 1. The van der Waals surface area contributed by atoms with E-state index >= 15 is 0 Å². The van der Waals surface area contributed by atoms with Crippen molar-refractivity contribution in [1.29, 1.82) is 0 Å². The van der Waals surface area contributed by atoms with E-state index in [-0.39, 0.29) is 47.3 Å². The number of hydrogen-bond donors (Lipinski definition) is 0. The van der Waals surface area contributed by atoms with Crippen LogP contribution >= 0.6 is 0 Å². The van der Waals surface area contributed by atoms with Gasteiger partial charge in [-0.15, -0.1) is 0 Å². The number of benzene rings is 1. The van der Waals surface area contributed by atoms with Gasteiger partial charge in [-0.1, -0.05) is 18.2 Å². The third-order valence-electron chi connectivity index (χ3n) is 5.89. The van der Waals surface area contributed by atoms with E-state index in [0.29, 0.717) is 0 Å². The topological polar surface area (TPSA) is 128 Å². The molecule has 1 saturated carbocycles. The number of nitro benzene ring substituents is 1. The molecule has 2 amide bonds. The van der Waals surface area contributed by atoms with Crippen LogP contribution in [-0.2, 0) is 19.1 Å². The number of fused-ring (bicyclic) bond motifs is 5. The zero-order chi connectivity index (χ0) is 22.3. The summed E-state index contributed by atoms with van der Waals surface area (Å²) in [5.74, 6) is -2.30. The van der Waals surface area contributed by atoms with Crippen molar-refractivity contribution in [3.05, 3.63) is 46.0 Å². The zero-order valence-electron chi connectivity index (χ0n) is 17.0. The number of nitrogens with zero attached hydrogens (tertiary/aromatic N) is 3. The fourth-order valence-corrected chi connectivity index (χ4v) is 4.52. The lowest BCUT2D eigenvalue weighted by Gasteiger charge is -2.15. The van der Waals surface area contributed by atoms with Gasteiger partial charge in [0.2, 0.25) is 5.75 Å². The van der Waals surface area contributed by atoms with E-state index in [2.05, 4.69) is 5.10 Å². The summed E-state index contributed by atoms with van der Waals surface area (Å²) in [4.78, 5) is 48.3. The Bertz CT molecular complexity index is 988. The highest BCUT2D eigenvalue weighted by Gasteiger charge is 2.59. The average Bonchev–Trinajstić information content (AvgIpc) is 3.41. The number of carbonyl (C=O) groups is 3. The Balaban J connectivity index is 1.61. The number of hydrazone groups is 1. The molecule has 1 heterocycles. The molecule has 10 nitrogen and oxygen atoms in total. The first-order chi connectivity index (χ1) is 14.8. The van der Waals surface area contributed by atoms with Crippen molar-refractivity contribution in [3.63, 3.8) is 0 Å². The molecule has 0 N–H and O–H groups in total. The first-order valence-electron chi connectivity index (χ1n) is 10.0. The van der Waals surface area contributed by atoms with Gasteiger partial charge in [-0.3, -0.25) is 19.7 Å².